The van der Waals surface area contributed by atoms with Crippen LogP contribution in [0.2, 0.25) is 0 Å². The van der Waals surface area contributed by atoms with E-state index in [1.54, 1.807) is 24.3 Å². The Morgan fingerprint density at radius 2 is 1.90 bits per heavy atom. The maximum atomic E-state index is 12.3. The summed E-state index contributed by atoms with van der Waals surface area (Å²) in [5, 5.41) is 0. The maximum Gasteiger partial charge on any atom is 0.189 e. The summed E-state index contributed by atoms with van der Waals surface area (Å²) in [6, 6.07) is 6.70. The molecule has 0 aliphatic heterocycles. The van der Waals surface area contributed by atoms with Gasteiger partial charge in [-0.2, -0.15) is 0 Å². The van der Waals surface area contributed by atoms with Crippen molar-refractivity contribution in [3.05, 3.63) is 47.0 Å². The van der Waals surface area contributed by atoms with Gasteiger partial charge in [0.25, 0.3) is 0 Å². The maximum absolute atomic E-state index is 12.3. The first-order chi connectivity index (χ1) is 9.54. The van der Waals surface area contributed by atoms with Crippen molar-refractivity contribution in [3.8, 4) is 12.3 Å². The number of terminal acetylenes is 1. The predicted octanol–water partition coefficient (Wildman–Crippen LogP) is 2.61. The summed E-state index contributed by atoms with van der Waals surface area (Å²) in [4.78, 5) is 35.9. The van der Waals surface area contributed by atoms with Crippen LogP contribution in [-0.4, -0.2) is 17.3 Å². The summed E-state index contributed by atoms with van der Waals surface area (Å²) in [6.07, 6.45) is 7.06. The minimum atomic E-state index is -0.409. The molecule has 1 atom stereocenters. The van der Waals surface area contributed by atoms with Crippen molar-refractivity contribution in [3.63, 3.8) is 0 Å². The quantitative estimate of drug-likeness (QED) is 0.787. The highest BCUT2D eigenvalue weighted by atomic mass is 16.1. The summed E-state index contributed by atoms with van der Waals surface area (Å²) >= 11 is 0. The molecule has 0 bridgehead atoms. The van der Waals surface area contributed by atoms with Crippen molar-refractivity contribution in [2.24, 2.45) is 5.92 Å². The van der Waals surface area contributed by atoms with Crippen molar-refractivity contribution in [2.75, 3.05) is 0 Å². The van der Waals surface area contributed by atoms with Gasteiger partial charge >= 0.3 is 0 Å². The fourth-order valence-corrected chi connectivity index (χ4v) is 2.29. The Hall–Kier alpha value is -2.47. The van der Waals surface area contributed by atoms with Crippen LogP contribution in [0.4, 0.5) is 0 Å². The monoisotopic (exact) mass is 266 g/mol. The number of rotatable bonds is 4. The molecule has 3 heteroatoms. The molecule has 0 unspecified atom stereocenters. The third-order valence-corrected chi connectivity index (χ3v) is 3.44. The molecule has 0 aromatic heterocycles. The van der Waals surface area contributed by atoms with Crippen molar-refractivity contribution >= 4 is 17.3 Å². The van der Waals surface area contributed by atoms with E-state index in [0.717, 1.165) is 0 Å². The lowest BCUT2D eigenvalue weighted by atomic mass is 9.83. The second kappa shape index (κ2) is 5.66. The minimum absolute atomic E-state index is 0.0667. The molecule has 1 aliphatic rings. The van der Waals surface area contributed by atoms with Gasteiger partial charge in [0.2, 0.25) is 0 Å². The van der Waals surface area contributed by atoms with Gasteiger partial charge in [0.15, 0.2) is 11.6 Å². The van der Waals surface area contributed by atoms with Gasteiger partial charge in [-0.3, -0.25) is 14.4 Å². The molecule has 1 aromatic carbocycles. The molecule has 0 amide bonds. The van der Waals surface area contributed by atoms with Gasteiger partial charge in [-0.05, 0) is 19.4 Å². The molecule has 20 heavy (non-hydrogen) atoms. The number of carbonyl (C=O) groups is 3. The third-order valence-electron chi connectivity index (χ3n) is 3.44. The van der Waals surface area contributed by atoms with Crippen LogP contribution in [0.1, 0.15) is 40.5 Å². The average molecular weight is 266 g/mol. The predicted molar refractivity (Wildman–Crippen MR) is 75.4 cm³/mol. The van der Waals surface area contributed by atoms with Crippen molar-refractivity contribution in [1.29, 1.82) is 0 Å². The molecule has 1 aliphatic carbocycles. The standard InChI is InChI=1S/C17H14O3/c1-3-6-12(11(2)18)9-13-10-16(19)14-7-4-5-8-15(14)17(13)20/h1,4-5,7-8,10,12H,6,9H2,2H3/t12-/m0/s1. The van der Waals surface area contributed by atoms with Crippen LogP contribution in [0.3, 0.4) is 0 Å². The lowest BCUT2D eigenvalue weighted by Crippen LogP contribution is -2.21. The molecule has 0 N–H and O–H groups in total. The Kier molecular flexibility index (Phi) is 3.95. The smallest absolute Gasteiger partial charge is 0.189 e. The molecule has 0 heterocycles. The van der Waals surface area contributed by atoms with E-state index >= 15 is 0 Å². The molecule has 3 nitrogen and oxygen atoms in total. The molecular weight excluding hydrogens is 252 g/mol. The van der Waals surface area contributed by atoms with E-state index in [-0.39, 0.29) is 30.2 Å². The van der Waals surface area contributed by atoms with E-state index < -0.39 is 5.92 Å². The summed E-state index contributed by atoms with van der Waals surface area (Å²) < 4.78 is 0. The molecule has 0 spiro atoms. The zero-order valence-corrected chi connectivity index (χ0v) is 11.2. The molecule has 100 valence electrons. The van der Waals surface area contributed by atoms with Crippen LogP contribution in [-0.2, 0) is 4.79 Å². The number of benzene rings is 1. The highest BCUT2D eigenvalue weighted by Gasteiger charge is 2.27. The van der Waals surface area contributed by atoms with E-state index in [1.165, 1.54) is 13.0 Å². The van der Waals surface area contributed by atoms with Crippen LogP contribution in [0.15, 0.2) is 35.9 Å². The van der Waals surface area contributed by atoms with Gasteiger partial charge in [-0.1, -0.05) is 24.3 Å². The van der Waals surface area contributed by atoms with Gasteiger partial charge in [0.1, 0.15) is 5.78 Å². The Morgan fingerprint density at radius 1 is 1.25 bits per heavy atom. The van der Waals surface area contributed by atoms with E-state index in [1.807, 2.05) is 0 Å². The minimum Gasteiger partial charge on any atom is -0.300 e. The van der Waals surface area contributed by atoms with Crippen molar-refractivity contribution in [2.45, 2.75) is 19.8 Å². The molecule has 1 aromatic rings. The number of hydrogen-bond donors (Lipinski definition) is 0. The fraction of sp³-hybridized carbons (Fsp3) is 0.235. The molecule has 2 rings (SSSR count). The summed E-state index contributed by atoms with van der Waals surface area (Å²) in [6.45, 7) is 1.45. The molecule has 0 fully saturated rings. The first kappa shape index (κ1) is 14.0. The Bertz CT molecular complexity index is 659. The summed E-state index contributed by atoms with van der Waals surface area (Å²) in [5.74, 6) is 1.58. The van der Waals surface area contributed by atoms with E-state index in [0.29, 0.717) is 16.7 Å². The van der Waals surface area contributed by atoms with E-state index in [4.69, 9.17) is 6.42 Å². The lowest BCUT2D eigenvalue weighted by Gasteiger charge is -2.17. The number of ketones is 3. The van der Waals surface area contributed by atoms with Gasteiger partial charge in [-0.15, -0.1) is 12.3 Å². The van der Waals surface area contributed by atoms with E-state index in [2.05, 4.69) is 5.92 Å². The highest BCUT2D eigenvalue weighted by Crippen LogP contribution is 2.26. The van der Waals surface area contributed by atoms with Crippen molar-refractivity contribution in [1.82, 2.24) is 0 Å². The zero-order chi connectivity index (χ0) is 14.7. The first-order valence-corrected chi connectivity index (χ1v) is 6.37. The third kappa shape index (κ3) is 2.60. The number of allylic oxidation sites excluding steroid dienone is 2. The van der Waals surface area contributed by atoms with Gasteiger partial charge < -0.3 is 0 Å². The first-order valence-electron chi connectivity index (χ1n) is 6.37. The van der Waals surface area contributed by atoms with Gasteiger partial charge in [0, 0.05) is 29.0 Å². The molecule has 0 radical (unpaired) electrons. The van der Waals surface area contributed by atoms with Gasteiger partial charge in [-0.25, -0.2) is 0 Å². The number of Topliss-reactive ketones (excluding diaryl/α,β-unsaturated/α-hetero) is 2. The molecule has 0 saturated heterocycles. The largest absolute Gasteiger partial charge is 0.300 e. The zero-order valence-electron chi connectivity index (χ0n) is 11.2. The van der Waals surface area contributed by atoms with Crippen molar-refractivity contribution < 1.29 is 14.4 Å². The second-order valence-corrected chi connectivity index (χ2v) is 4.83. The van der Waals surface area contributed by atoms with Crippen LogP contribution in [0.5, 0.6) is 0 Å². The average Bonchev–Trinajstić information content (AvgIpc) is 2.43. The van der Waals surface area contributed by atoms with Crippen LogP contribution in [0.25, 0.3) is 0 Å². The van der Waals surface area contributed by atoms with Crippen LogP contribution in [0, 0.1) is 18.3 Å². The SMILES string of the molecule is C#CC[C@@H](CC1=CC(=O)c2ccccc2C1=O)C(C)=O. The lowest BCUT2D eigenvalue weighted by molar-refractivity contribution is -0.120. The Balaban J connectivity index is 2.31. The van der Waals surface area contributed by atoms with Crippen LogP contribution < -0.4 is 0 Å². The highest BCUT2D eigenvalue weighted by molar-refractivity contribution is 6.24. The van der Waals surface area contributed by atoms with Crippen LogP contribution >= 0.6 is 0 Å². The number of hydrogen-bond acceptors (Lipinski definition) is 3. The fourth-order valence-electron chi connectivity index (χ4n) is 2.29. The normalized spacial score (nSPS) is 15.1. The Morgan fingerprint density at radius 3 is 2.50 bits per heavy atom. The second-order valence-electron chi connectivity index (χ2n) is 4.83. The van der Waals surface area contributed by atoms with Gasteiger partial charge in [0.05, 0.1) is 0 Å². The summed E-state index contributed by atoms with van der Waals surface area (Å²) in [7, 11) is 0. The summed E-state index contributed by atoms with van der Waals surface area (Å²) in [5.41, 5.74) is 1.18. The number of fused-ring (bicyclic) bond motifs is 1. The topological polar surface area (TPSA) is 51.2 Å². The number of carbonyl (C=O) groups excluding carboxylic acids is 3. The molecule has 0 saturated carbocycles. The Labute approximate surface area is 117 Å². The molecular formula is C17H14O3. The van der Waals surface area contributed by atoms with E-state index in [9.17, 15) is 14.4 Å².